The lowest BCUT2D eigenvalue weighted by Gasteiger charge is -2.12. The summed E-state index contributed by atoms with van der Waals surface area (Å²) in [6, 6.07) is 3.51. The van der Waals surface area contributed by atoms with E-state index in [0.717, 1.165) is 10.0 Å². The van der Waals surface area contributed by atoms with Gasteiger partial charge in [-0.05, 0) is 42.1 Å². The minimum absolute atomic E-state index is 0.0673. The van der Waals surface area contributed by atoms with E-state index in [2.05, 4.69) is 42.0 Å². The average molecular weight is 385 g/mol. The van der Waals surface area contributed by atoms with Crippen LogP contribution in [-0.4, -0.2) is 38.3 Å². The first-order valence-corrected chi connectivity index (χ1v) is 7.31. The second-order valence-corrected chi connectivity index (χ2v) is 5.64. The molecule has 0 aliphatic rings. The Bertz CT molecular complexity index is 732. The molecular formula is C12H13BrN6O2S. The summed E-state index contributed by atoms with van der Waals surface area (Å²) in [5.74, 6) is 0.286. The van der Waals surface area contributed by atoms with Crippen LogP contribution in [0.15, 0.2) is 16.6 Å². The summed E-state index contributed by atoms with van der Waals surface area (Å²) >= 11 is 8.41. The number of nitrogens with zero attached hydrogens (tertiary/aromatic N) is 4. The Morgan fingerprint density at radius 3 is 2.77 bits per heavy atom. The number of aromatic nitrogens is 4. The van der Waals surface area contributed by atoms with Gasteiger partial charge in [0.25, 0.3) is 11.9 Å². The Labute approximate surface area is 140 Å². The van der Waals surface area contributed by atoms with Gasteiger partial charge in [-0.3, -0.25) is 15.4 Å². The molecule has 2 rings (SSSR count). The molecule has 0 atom stereocenters. The minimum Gasteiger partial charge on any atom is -0.496 e. The van der Waals surface area contributed by atoms with Crippen LogP contribution in [0.25, 0.3) is 0 Å². The number of hydrogen-bond acceptors (Lipinski definition) is 6. The molecule has 0 bridgehead atoms. The number of carbonyl (C=O) groups is 1. The van der Waals surface area contributed by atoms with Gasteiger partial charge in [-0.15, -0.1) is 5.10 Å². The molecule has 0 spiro atoms. The second kappa shape index (κ2) is 6.79. The number of aryl methyl sites for hydroxylation is 2. The molecule has 10 heteroatoms. The van der Waals surface area contributed by atoms with Crippen molar-refractivity contribution in [3.63, 3.8) is 0 Å². The third-order valence-corrected chi connectivity index (χ3v) is 3.31. The number of amides is 1. The quantitative estimate of drug-likeness (QED) is 0.772. The van der Waals surface area contributed by atoms with Crippen LogP contribution >= 0.6 is 28.1 Å². The Morgan fingerprint density at radius 1 is 1.45 bits per heavy atom. The molecule has 22 heavy (non-hydrogen) atoms. The van der Waals surface area contributed by atoms with Gasteiger partial charge in [-0.25, -0.2) is 0 Å². The van der Waals surface area contributed by atoms with Crippen molar-refractivity contribution in [3.05, 3.63) is 27.7 Å². The molecule has 0 saturated heterocycles. The number of carbonyl (C=O) groups excluding carboxylic acids is 1. The van der Waals surface area contributed by atoms with Gasteiger partial charge in [0.2, 0.25) is 0 Å². The molecule has 0 radical (unpaired) electrons. The highest BCUT2D eigenvalue weighted by Gasteiger charge is 2.17. The number of thiocarbonyl (C=S) groups is 1. The summed E-state index contributed by atoms with van der Waals surface area (Å²) in [5, 5.41) is 16.6. The van der Waals surface area contributed by atoms with Gasteiger partial charge in [-0.1, -0.05) is 21.0 Å². The highest BCUT2D eigenvalue weighted by Crippen LogP contribution is 2.27. The lowest BCUT2D eigenvalue weighted by atomic mass is 10.1. The summed E-state index contributed by atoms with van der Waals surface area (Å²) in [6.45, 7) is 1.85. The molecule has 2 N–H and O–H groups in total. The smallest absolute Gasteiger partial charge is 0.269 e. The minimum atomic E-state index is -0.400. The second-order valence-electron chi connectivity index (χ2n) is 4.31. The maximum absolute atomic E-state index is 12.3. The number of anilines is 1. The van der Waals surface area contributed by atoms with E-state index < -0.39 is 5.91 Å². The first-order chi connectivity index (χ1) is 10.4. The van der Waals surface area contributed by atoms with E-state index in [1.54, 1.807) is 13.1 Å². The van der Waals surface area contributed by atoms with Crippen LogP contribution in [0.3, 0.4) is 0 Å². The standard InChI is InChI=1S/C12H13BrN6O2S/c1-6-4-7(13)5-8(9(6)21-3)10(20)14-12(22)15-11-16-18-19(2)17-11/h4-5H,1-3H3,(H2,14,15,17,20,22). The SMILES string of the molecule is COc1c(C)cc(Br)cc1C(=O)NC(=S)Nc1nnn(C)n1. The lowest BCUT2D eigenvalue weighted by Crippen LogP contribution is -2.34. The zero-order valence-electron chi connectivity index (χ0n) is 12.0. The van der Waals surface area contributed by atoms with Crippen LogP contribution in [0, 0.1) is 6.92 Å². The van der Waals surface area contributed by atoms with Gasteiger partial charge in [0.05, 0.1) is 19.7 Å². The Morgan fingerprint density at radius 2 is 2.18 bits per heavy atom. The number of hydrogen-bond donors (Lipinski definition) is 2. The van der Waals surface area contributed by atoms with E-state index in [4.69, 9.17) is 17.0 Å². The fourth-order valence-electron chi connectivity index (χ4n) is 1.81. The van der Waals surface area contributed by atoms with Crippen molar-refractivity contribution in [2.24, 2.45) is 7.05 Å². The fraction of sp³-hybridized carbons (Fsp3) is 0.250. The number of benzene rings is 1. The molecule has 2 aromatic rings. The van der Waals surface area contributed by atoms with Crippen molar-refractivity contribution in [1.29, 1.82) is 0 Å². The molecule has 1 aromatic carbocycles. The normalized spacial score (nSPS) is 10.2. The number of ether oxygens (including phenoxy) is 1. The summed E-state index contributed by atoms with van der Waals surface area (Å²) in [4.78, 5) is 13.6. The summed E-state index contributed by atoms with van der Waals surface area (Å²) in [6.07, 6.45) is 0. The number of nitrogens with one attached hydrogen (secondary N) is 2. The van der Waals surface area contributed by atoms with Gasteiger partial charge in [0.15, 0.2) is 5.11 Å². The predicted molar refractivity (Wildman–Crippen MR) is 87.9 cm³/mol. The first-order valence-electron chi connectivity index (χ1n) is 6.11. The topological polar surface area (TPSA) is 94.0 Å². The molecule has 0 saturated carbocycles. The van der Waals surface area contributed by atoms with Crippen LogP contribution in [0.4, 0.5) is 5.95 Å². The van der Waals surface area contributed by atoms with E-state index in [1.807, 2.05) is 13.0 Å². The van der Waals surface area contributed by atoms with Crippen molar-refractivity contribution < 1.29 is 9.53 Å². The van der Waals surface area contributed by atoms with Crippen LogP contribution in [0.2, 0.25) is 0 Å². The van der Waals surface area contributed by atoms with E-state index in [9.17, 15) is 4.79 Å². The van der Waals surface area contributed by atoms with Gasteiger partial charge in [0, 0.05) is 4.47 Å². The van der Waals surface area contributed by atoms with Crippen molar-refractivity contribution in [2.45, 2.75) is 6.92 Å². The molecule has 1 aromatic heterocycles. The van der Waals surface area contributed by atoms with Gasteiger partial charge in [-0.2, -0.15) is 4.80 Å². The van der Waals surface area contributed by atoms with Crippen molar-refractivity contribution >= 4 is 45.1 Å². The van der Waals surface area contributed by atoms with Crippen molar-refractivity contribution in [2.75, 3.05) is 12.4 Å². The van der Waals surface area contributed by atoms with Crippen LogP contribution in [-0.2, 0) is 7.05 Å². The van der Waals surface area contributed by atoms with E-state index in [0.29, 0.717) is 11.3 Å². The summed E-state index contributed by atoms with van der Waals surface area (Å²) in [5.41, 5.74) is 1.20. The largest absolute Gasteiger partial charge is 0.496 e. The maximum Gasteiger partial charge on any atom is 0.269 e. The number of methoxy groups -OCH3 is 1. The van der Waals surface area contributed by atoms with Gasteiger partial charge >= 0.3 is 0 Å². The Hall–Kier alpha value is -2.07. The zero-order chi connectivity index (χ0) is 16.3. The molecule has 0 aliphatic heterocycles. The van der Waals surface area contributed by atoms with Crippen LogP contribution in [0.1, 0.15) is 15.9 Å². The molecule has 116 valence electrons. The predicted octanol–water partition coefficient (Wildman–Crippen LogP) is 1.42. The number of rotatable bonds is 3. The number of halogens is 1. The first kappa shape index (κ1) is 16.3. The molecule has 0 aliphatic carbocycles. The number of tetrazole rings is 1. The van der Waals surface area contributed by atoms with Gasteiger partial charge in [0.1, 0.15) is 5.75 Å². The summed E-state index contributed by atoms with van der Waals surface area (Å²) < 4.78 is 6.04. The maximum atomic E-state index is 12.3. The molecule has 0 fully saturated rings. The van der Waals surface area contributed by atoms with Crippen molar-refractivity contribution in [3.8, 4) is 5.75 Å². The van der Waals surface area contributed by atoms with Crippen molar-refractivity contribution in [1.82, 2.24) is 25.5 Å². The highest BCUT2D eigenvalue weighted by atomic mass is 79.9. The Balaban J connectivity index is 2.13. The van der Waals surface area contributed by atoms with Crippen LogP contribution < -0.4 is 15.4 Å². The molecule has 1 heterocycles. The third kappa shape index (κ3) is 3.77. The van der Waals surface area contributed by atoms with Gasteiger partial charge < -0.3 is 4.74 Å². The fourth-order valence-corrected chi connectivity index (χ4v) is 2.56. The lowest BCUT2D eigenvalue weighted by molar-refractivity contribution is 0.0974. The zero-order valence-corrected chi connectivity index (χ0v) is 14.4. The van der Waals surface area contributed by atoms with E-state index in [1.165, 1.54) is 11.9 Å². The van der Waals surface area contributed by atoms with E-state index >= 15 is 0 Å². The molecule has 0 unspecified atom stereocenters. The summed E-state index contributed by atoms with van der Waals surface area (Å²) in [7, 11) is 3.13. The molecule has 1 amide bonds. The Kier molecular flexibility index (Phi) is 5.03. The van der Waals surface area contributed by atoms with E-state index in [-0.39, 0.29) is 11.1 Å². The monoisotopic (exact) mass is 384 g/mol. The molecular weight excluding hydrogens is 372 g/mol. The highest BCUT2D eigenvalue weighted by molar-refractivity contribution is 9.10. The average Bonchev–Trinajstić information content (AvgIpc) is 2.82. The third-order valence-electron chi connectivity index (χ3n) is 2.65. The molecule has 8 nitrogen and oxygen atoms in total. The van der Waals surface area contributed by atoms with Crippen LogP contribution in [0.5, 0.6) is 5.75 Å².